The predicted octanol–water partition coefficient (Wildman–Crippen LogP) is 1.23. The van der Waals surface area contributed by atoms with E-state index in [-0.39, 0.29) is 0 Å². The molecule has 1 N–H and O–H groups in total. The van der Waals surface area contributed by atoms with Gasteiger partial charge in [0.1, 0.15) is 0 Å². The summed E-state index contributed by atoms with van der Waals surface area (Å²) in [6.07, 6.45) is 4.66. The average Bonchev–Trinajstić information content (AvgIpc) is 2.70. The molecule has 1 saturated carbocycles. The summed E-state index contributed by atoms with van der Waals surface area (Å²) >= 11 is 0. The molecule has 0 amide bonds. The molecule has 0 aliphatic heterocycles. The molecule has 0 bridgehead atoms. The number of hydrogen-bond donors (Lipinski definition) is 1. The van der Waals surface area contributed by atoms with Crippen LogP contribution in [0.4, 0.5) is 0 Å². The second-order valence-corrected chi connectivity index (χ2v) is 3.34. The van der Waals surface area contributed by atoms with Crippen molar-refractivity contribution < 1.29 is 0 Å². The summed E-state index contributed by atoms with van der Waals surface area (Å²) in [5, 5.41) is 3.37. The Bertz CT molecular complexity index is 258. The Hall–Kier alpha value is -0.760. The topological polar surface area (TPSA) is 17.0 Å². The first-order valence-electron chi connectivity index (χ1n) is 4.09. The van der Waals surface area contributed by atoms with Crippen molar-refractivity contribution in [3.8, 4) is 0 Å². The standard InChI is InChI=1S/C9H14N2/c1-10-9(5-6-9)8-4-3-7-11(8)2/h3-4,7,10H,5-6H2,1-2H3. The molecule has 0 spiro atoms. The summed E-state index contributed by atoms with van der Waals surface area (Å²) in [4.78, 5) is 0. The Labute approximate surface area is 67.2 Å². The largest absolute Gasteiger partial charge is 0.353 e. The molecular formula is C9H14N2. The monoisotopic (exact) mass is 150 g/mol. The Morgan fingerprint density at radius 1 is 1.55 bits per heavy atom. The smallest absolute Gasteiger partial charge is 0.0587 e. The van der Waals surface area contributed by atoms with Gasteiger partial charge >= 0.3 is 0 Å². The number of hydrogen-bond acceptors (Lipinski definition) is 1. The quantitative estimate of drug-likeness (QED) is 0.671. The van der Waals surface area contributed by atoms with Gasteiger partial charge < -0.3 is 9.88 Å². The van der Waals surface area contributed by atoms with Crippen LogP contribution in [0.1, 0.15) is 18.5 Å². The Morgan fingerprint density at radius 3 is 2.64 bits per heavy atom. The van der Waals surface area contributed by atoms with Crippen molar-refractivity contribution in [3.05, 3.63) is 24.0 Å². The fraction of sp³-hybridized carbons (Fsp3) is 0.556. The maximum Gasteiger partial charge on any atom is 0.0587 e. The summed E-state index contributed by atoms with van der Waals surface area (Å²) < 4.78 is 2.20. The van der Waals surface area contributed by atoms with Crippen LogP contribution in [-0.4, -0.2) is 11.6 Å². The molecule has 60 valence electrons. The summed E-state index contributed by atoms with van der Waals surface area (Å²) in [6.45, 7) is 0. The minimum absolute atomic E-state index is 0.318. The van der Waals surface area contributed by atoms with Gasteiger partial charge in [0.05, 0.1) is 5.54 Å². The highest BCUT2D eigenvalue weighted by molar-refractivity contribution is 5.24. The van der Waals surface area contributed by atoms with Crippen molar-refractivity contribution in [1.29, 1.82) is 0 Å². The molecule has 1 fully saturated rings. The Balaban J connectivity index is 2.35. The highest BCUT2D eigenvalue weighted by atomic mass is 15.1. The second kappa shape index (κ2) is 2.11. The van der Waals surface area contributed by atoms with Crippen LogP contribution in [0.15, 0.2) is 18.3 Å². The third-order valence-electron chi connectivity index (χ3n) is 2.66. The zero-order valence-electron chi connectivity index (χ0n) is 7.09. The van der Waals surface area contributed by atoms with Crippen LogP contribution in [0.3, 0.4) is 0 Å². The van der Waals surface area contributed by atoms with Gasteiger partial charge in [-0.1, -0.05) is 0 Å². The maximum atomic E-state index is 3.37. The van der Waals surface area contributed by atoms with Crippen LogP contribution in [0.5, 0.6) is 0 Å². The SMILES string of the molecule is CNC1(c2cccn2C)CC1. The number of aromatic nitrogens is 1. The molecule has 2 rings (SSSR count). The van der Waals surface area contributed by atoms with E-state index >= 15 is 0 Å². The first-order chi connectivity index (χ1) is 5.28. The first-order valence-corrected chi connectivity index (χ1v) is 4.09. The highest BCUT2D eigenvalue weighted by Gasteiger charge is 2.44. The van der Waals surface area contributed by atoms with Crippen LogP contribution in [0, 0.1) is 0 Å². The number of nitrogens with zero attached hydrogens (tertiary/aromatic N) is 1. The van der Waals surface area contributed by atoms with Gasteiger partial charge in [0.2, 0.25) is 0 Å². The fourth-order valence-corrected chi connectivity index (χ4v) is 1.72. The summed E-state index contributed by atoms with van der Waals surface area (Å²) in [7, 11) is 4.15. The molecule has 2 nitrogen and oxygen atoms in total. The van der Waals surface area contributed by atoms with Gasteiger partial charge in [-0.15, -0.1) is 0 Å². The molecule has 11 heavy (non-hydrogen) atoms. The minimum Gasteiger partial charge on any atom is -0.353 e. The van der Waals surface area contributed by atoms with Crippen LogP contribution in [0.2, 0.25) is 0 Å². The molecule has 1 heterocycles. The van der Waals surface area contributed by atoms with Gasteiger partial charge in [-0.25, -0.2) is 0 Å². The van der Waals surface area contributed by atoms with E-state index in [0.717, 1.165) is 0 Å². The van der Waals surface area contributed by atoms with Crippen LogP contribution in [0.25, 0.3) is 0 Å². The van der Waals surface area contributed by atoms with Gasteiger partial charge in [0.25, 0.3) is 0 Å². The molecule has 0 aromatic carbocycles. The second-order valence-electron chi connectivity index (χ2n) is 3.34. The molecule has 1 aliphatic rings. The molecule has 1 aromatic heterocycles. The molecule has 0 atom stereocenters. The molecule has 0 unspecified atom stereocenters. The molecule has 2 heteroatoms. The molecule has 0 radical (unpaired) electrons. The van der Waals surface area contributed by atoms with Gasteiger partial charge in [-0.3, -0.25) is 0 Å². The maximum absolute atomic E-state index is 3.37. The van der Waals surface area contributed by atoms with Crippen molar-refractivity contribution in [2.45, 2.75) is 18.4 Å². The van der Waals surface area contributed by atoms with E-state index in [2.05, 4.69) is 35.3 Å². The van der Waals surface area contributed by atoms with Crippen LogP contribution in [-0.2, 0) is 12.6 Å². The third kappa shape index (κ3) is 0.897. The summed E-state index contributed by atoms with van der Waals surface area (Å²) in [6, 6.07) is 4.30. The Morgan fingerprint density at radius 2 is 2.27 bits per heavy atom. The molecule has 0 saturated heterocycles. The molecule has 1 aromatic rings. The van der Waals surface area contributed by atoms with Crippen LogP contribution >= 0.6 is 0 Å². The molecular weight excluding hydrogens is 136 g/mol. The summed E-state index contributed by atoms with van der Waals surface area (Å²) in [5.41, 5.74) is 1.73. The van der Waals surface area contributed by atoms with E-state index in [1.165, 1.54) is 18.5 Å². The Kier molecular flexibility index (Phi) is 1.33. The van der Waals surface area contributed by atoms with E-state index in [1.807, 2.05) is 7.05 Å². The van der Waals surface area contributed by atoms with Crippen molar-refractivity contribution in [3.63, 3.8) is 0 Å². The van der Waals surface area contributed by atoms with Gasteiger partial charge in [0.15, 0.2) is 0 Å². The van der Waals surface area contributed by atoms with Gasteiger partial charge in [0, 0.05) is 18.9 Å². The van der Waals surface area contributed by atoms with Crippen LogP contribution < -0.4 is 5.32 Å². The van der Waals surface area contributed by atoms with Crippen molar-refractivity contribution in [2.24, 2.45) is 7.05 Å². The number of aryl methyl sites for hydroxylation is 1. The first kappa shape index (κ1) is 6.92. The number of rotatable bonds is 2. The lowest BCUT2D eigenvalue weighted by atomic mass is 10.2. The highest BCUT2D eigenvalue weighted by Crippen LogP contribution is 2.44. The minimum atomic E-state index is 0.318. The third-order valence-corrected chi connectivity index (χ3v) is 2.66. The lowest BCUT2D eigenvalue weighted by molar-refractivity contribution is 0.545. The summed E-state index contributed by atoms with van der Waals surface area (Å²) in [5.74, 6) is 0. The number of nitrogens with one attached hydrogen (secondary N) is 1. The predicted molar refractivity (Wildman–Crippen MR) is 45.4 cm³/mol. The van der Waals surface area contributed by atoms with E-state index < -0.39 is 0 Å². The average molecular weight is 150 g/mol. The van der Waals surface area contributed by atoms with Crippen molar-refractivity contribution >= 4 is 0 Å². The van der Waals surface area contributed by atoms with Gasteiger partial charge in [-0.05, 0) is 32.0 Å². The van der Waals surface area contributed by atoms with Crippen molar-refractivity contribution in [2.75, 3.05) is 7.05 Å². The van der Waals surface area contributed by atoms with E-state index in [9.17, 15) is 0 Å². The normalized spacial score (nSPS) is 20.2. The van der Waals surface area contributed by atoms with Gasteiger partial charge in [-0.2, -0.15) is 0 Å². The fourth-order valence-electron chi connectivity index (χ4n) is 1.72. The molecule has 1 aliphatic carbocycles. The van der Waals surface area contributed by atoms with E-state index in [0.29, 0.717) is 5.54 Å². The lowest BCUT2D eigenvalue weighted by Crippen LogP contribution is -2.26. The van der Waals surface area contributed by atoms with Crippen molar-refractivity contribution in [1.82, 2.24) is 9.88 Å². The van der Waals surface area contributed by atoms with E-state index in [4.69, 9.17) is 0 Å². The zero-order chi connectivity index (χ0) is 7.90. The lowest BCUT2D eigenvalue weighted by Gasteiger charge is -2.14. The zero-order valence-corrected chi connectivity index (χ0v) is 7.09. The van der Waals surface area contributed by atoms with E-state index in [1.54, 1.807) is 0 Å².